The summed E-state index contributed by atoms with van der Waals surface area (Å²) in [6, 6.07) is 6.34. The van der Waals surface area contributed by atoms with Crippen molar-refractivity contribution in [2.24, 2.45) is 5.10 Å². The van der Waals surface area contributed by atoms with Gasteiger partial charge < -0.3 is 0 Å². The average molecular weight is 397 g/mol. The third-order valence-corrected chi connectivity index (χ3v) is 3.99. The first-order valence-electron chi connectivity index (χ1n) is 6.66. The minimum Gasteiger partial charge on any atom is -0.272 e. The molecule has 0 saturated heterocycles. The number of halogens is 2. The van der Waals surface area contributed by atoms with Crippen molar-refractivity contribution < 1.29 is 9.18 Å². The number of aryl methyl sites for hydroxylation is 2. The molecule has 5 nitrogen and oxygen atoms in total. The molecule has 2 aromatic rings. The Hall–Kier alpha value is -1.80. The van der Waals surface area contributed by atoms with Gasteiger partial charge in [-0.2, -0.15) is 5.10 Å². The summed E-state index contributed by atoms with van der Waals surface area (Å²) in [6.07, 6.45) is 1.26. The monoisotopic (exact) mass is 396 g/mol. The van der Waals surface area contributed by atoms with Crippen molar-refractivity contribution in [3.63, 3.8) is 0 Å². The molecule has 23 heavy (non-hydrogen) atoms. The van der Waals surface area contributed by atoms with Gasteiger partial charge in [0.25, 0.3) is 5.91 Å². The van der Waals surface area contributed by atoms with Crippen LogP contribution in [0.1, 0.15) is 17.0 Å². The molecule has 0 spiro atoms. The largest absolute Gasteiger partial charge is 0.272 e. The van der Waals surface area contributed by atoms with E-state index in [4.69, 9.17) is 0 Å². The fourth-order valence-corrected chi connectivity index (χ4v) is 2.83. The van der Waals surface area contributed by atoms with Crippen molar-refractivity contribution in [3.05, 3.63) is 51.5 Å². The van der Waals surface area contributed by atoms with Crippen molar-refractivity contribution >= 4 is 39.8 Å². The molecule has 0 aliphatic carbocycles. The summed E-state index contributed by atoms with van der Waals surface area (Å²) in [6.45, 7) is 3.74. The number of hydrazone groups is 1. The second-order valence-corrected chi connectivity index (χ2v) is 6.54. The summed E-state index contributed by atoms with van der Waals surface area (Å²) in [4.78, 5) is 20.2. The predicted molar refractivity (Wildman–Crippen MR) is 92.1 cm³/mol. The van der Waals surface area contributed by atoms with Gasteiger partial charge in [0, 0.05) is 21.4 Å². The Bertz CT molecular complexity index is 734. The number of benzene rings is 1. The summed E-state index contributed by atoms with van der Waals surface area (Å²) < 4.78 is 14.2. The number of nitrogens with zero attached hydrogens (tertiary/aromatic N) is 3. The molecular formula is C15H14BrFN4OS. The molecular weight excluding hydrogens is 383 g/mol. The number of thioether (sulfide) groups is 1. The Balaban J connectivity index is 1.87. The lowest BCUT2D eigenvalue weighted by atomic mass is 10.2. The minimum absolute atomic E-state index is 0.126. The van der Waals surface area contributed by atoms with Crippen molar-refractivity contribution in [3.8, 4) is 0 Å². The zero-order valence-electron chi connectivity index (χ0n) is 12.5. The van der Waals surface area contributed by atoms with E-state index < -0.39 is 5.82 Å². The molecule has 2 rings (SSSR count). The number of nitrogens with one attached hydrogen (secondary N) is 1. The first-order chi connectivity index (χ1) is 10.9. The van der Waals surface area contributed by atoms with Gasteiger partial charge in [-0.25, -0.2) is 19.8 Å². The molecule has 1 aromatic carbocycles. The van der Waals surface area contributed by atoms with Crippen LogP contribution >= 0.6 is 27.7 Å². The van der Waals surface area contributed by atoms with Crippen molar-refractivity contribution in [1.29, 1.82) is 0 Å². The van der Waals surface area contributed by atoms with Crippen LogP contribution in [0, 0.1) is 19.7 Å². The standard InChI is InChI=1S/C15H14BrFN4OS/c1-9-5-10(2)20-15(19-9)23-8-14(22)21-18-7-11-6-12(16)3-4-13(11)17/h3-7H,8H2,1-2H3,(H,21,22)/b18-7+. The van der Waals surface area contributed by atoms with Gasteiger partial charge in [-0.05, 0) is 38.1 Å². The Morgan fingerprint density at radius 3 is 2.74 bits per heavy atom. The normalized spacial score (nSPS) is 11.0. The topological polar surface area (TPSA) is 67.2 Å². The van der Waals surface area contributed by atoms with Crippen LogP contribution in [0.2, 0.25) is 0 Å². The maximum Gasteiger partial charge on any atom is 0.250 e. The van der Waals surface area contributed by atoms with E-state index in [-0.39, 0.29) is 17.2 Å². The van der Waals surface area contributed by atoms with Crippen LogP contribution in [-0.4, -0.2) is 27.8 Å². The Morgan fingerprint density at radius 1 is 1.35 bits per heavy atom. The number of carbonyl (C=O) groups is 1. The lowest BCUT2D eigenvalue weighted by Crippen LogP contribution is -2.20. The van der Waals surface area contributed by atoms with E-state index >= 15 is 0 Å². The highest BCUT2D eigenvalue weighted by Crippen LogP contribution is 2.14. The number of aromatic nitrogens is 2. The fourth-order valence-electron chi connectivity index (χ4n) is 1.71. The molecule has 0 radical (unpaired) electrons. The molecule has 0 unspecified atom stereocenters. The molecule has 0 aliphatic rings. The van der Waals surface area contributed by atoms with Gasteiger partial charge in [-0.15, -0.1) is 0 Å². The van der Waals surface area contributed by atoms with Crippen LogP contribution in [0.4, 0.5) is 4.39 Å². The van der Waals surface area contributed by atoms with Gasteiger partial charge in [0.15, 0.2) is 5.16 Å². The van der Waals surface area contributed by atoms with Gasteiger partial charge in [-0.1, -0.05) is 27.7 Å². The van der Waals surface area contributed by atoms with E-state index in [9.17, 15) is 9.18 Å². The number of hydrogen-bond acceptors (Lipinski definition) is 5. The SMILES string of the molecule is Cc1cc(C)nc(SCC(=O)N/N=C/c2cc(Br)ccc2F)n1. The number of carbonyl (C=O) groups excluding carboxylic acids is 1. The zero-order chi connectivity index (χ0) is 16.8. The number of rotatable bonds is 5. The lowest BCUT2D eigenvalue weighted by Gasteiger charge is -2.02. The summed E-state index contributed by atoms with van der Waals surface area (Å²) >= 11 is 4.47. The molecule has 8 heteroatoms. The molecule has 1 N–H and O–H groups in total. The van der Waals surface area contributed by atoms with Gasteiger partial charge in [0.05, 0.1) is 12.0 Å². The van der Waals surface area contributed by atoms with Crippen LogP contribution in [0.3, 0.4) is 0 Å². The van der Waals surface area contributed by atoms with E-state index in [2.05, 4.69) is 36.4 Å². The van der Waals surface area contributed by atoms with Crippen LogP contribution in [0.5, 0.6) is 0 Å². The Morgan fingerprint density at radius 2 is 2.04 bits per heavy atom. The average Bonchev–Trinajstić information content (AvgIpc) is 2.48. The first-order valence-corrected chi connectivity index (χ1v) is 8.44. The highest BCUT2D eigenvalue weighted by Gasteiger charge is 2.05. The molecule has 1 heterocycles. The van der Waals surface area contributed by atoms with E-state index in [1.54, 1.807) is 12.1 Å². The van der Waals surface area contributed by atoms with Gasteiger partial charge in [0.2, 0.25) is 0 Å². The third kappa shape index (κ3) is 5.72. The van der Waals surface area contributed by atoms with Crippen molar-refractivity contribution in [2.75, 3.05) is 5.75 Å². The first kappa shape index (κ1) is 17.6. The predicted octanol–water partition coefficient (Wildman–Crippen LogP) is 3.24. The van der Waals surface area contributed by atoms with Gasteiger partial charge in [0.1, 0.15) is 5.82 Å². The van der Waals surface area contributed by atoms with E-state index in [1.165, 1.54) is 24.0 Å². The highest BCUT2D eigenvalue weighted by molar-refractivity contribution is 9.10. The summed E-state index contributed by atoms with van der Waals surface area (Å²) in [5.74, 6) is -0.602. The van der Waals surface area contributed by atoms with E-state index in [1.807, 2.05) is 19.9 Å². The molecule has 1 amide bonds. The Labute approximate surface area is 145 Å². The van der Waals surface area contributed by atoms with Gasteiger partial charge in [-0.3, -0.25) is 4.79 Å². The summed E-state index contributed by atoms with van der Waals surface area (Å²) in [5, 5.41) is 4.29. The molecule has 0 fully saturated rings. The van der Waals surface area contributed by atoms with Crippen molar-refractivity contribution in [2.45, 2.75) is 19.0 Å². The second kappa shape index (κ2) is 8.16. The minimum atomic E-state index is -0.413. The molecule has 0 atom stereocenters. The summed E-state index contributed by atoms with van der Waals surface area (Å²) in [7, 11) is 0. The third-order valence-electron chi connectivity index (χ3n) is 2.65. The lowest BCUT2D eigenvalue weighted by molar-refractivity contribution is -0.118. The molecule has 0 saturated carbocycles. The molecule has 120 valence electrons. The Kier molecular flexibility index (Phi) is 6.23. The smallest absolute Gasteiger partial charge is 0.250 e. The van der Waals surface area contributed by atoms with Crippen LogP contribution in [0.15, 0.2) is 39.0 Å². The molecule has 1 aromatic heterocycles. The van der Waals surface area contributed by atoms with Crippen LogP contribution in [0.25, 0.3) is 0 Å². The van der Waals surface area contributed by atoms with E-state index in [0.717, 1.165) is 15.9 Å². The van der Waals surface area contributed by atoms with E-state index in [0.29, 0.717) is 5.16 Å². The van der Waals surface area contributed by atoms with Crippen LogP contribution < -0.4 is 5.43 Å². The quantitative estimate of drug-likeness (QED) is 0.364. The maximum absolute atomic E-state index is 13.5. The number of hydrogen-bond donors (Lipinski definition) is 1. The maximum atomic E-state index is 13.5. The summed E-state index contributed by atoms with van der Waals surface area (Å²) in [5.41, 5.74) is 4.33. The number of amides is 1. The molecule has 0 bridgehead atoms. The zero-order valence-corrected chi connectivity index (χ0v) is 14.9. The highest BCUT2D eigenvalue weighted by atomic mass is 79.9. The fraction of sp³-hybridized carbons (Fsp3) is 0.200. The van der Waals surface area contributed by atoms with Crippen LogP contribution in [-0.2, 0) is 4.79 Å². The molecule has 0 aliphatic heterocycles. The van der Waals surface area contributed by atoms with Crippen molar-refractivity contribution in [1.82, 2.24) is 15.4 Å². The van der Waals surface area contributed by atoms with Gasteiger partial charge >= 0.3 is 0 Å². The second-order valence-electron chi connectivity index (χ2n) is 4.68.